The lowest BCUT2D eigenvalue weighted by molar-refractivity contribution is 0.630. The maximum absolute atomic E-state index is 15.3. The molecule has 1 aliphatic heterocycles. The molecule has 1 unspecified atom stereocenters. The van der Waals surface area contributed by atoms with E-state index < -0.39 is 23.1 Å². The third-order valence-corrected chi connectivity index (χ3v) is 6.91. The Hall–Kier alpha value is -4.10. The first-order valence-corrected chi connectivity index (χ1v) is 11.5. The zero-order valence-corrected chi connectivity index (χ0v) is 19.7. The van der Waals surface area contributed by atoms with Gasteiger partial charge in [-0.3, -0.25) is 13.9 Å². The molecule has 6 rings (SSSR count). The van der Waals surface area contributed by atoms with Crippen molar-refractivity contribution in [3.05, 3.63) is 116 Å². The third kappa shape index (κ3) is 3.01. The van der Waals surface area contributed by atoms with Gasteiger partial charge in [-0.2, -0.15) is 0 Å². The molecule has 0 amide bonds. The van der Waals surface area contributed by atoms with Gasteiger partial charge in [0.05, 0.1) is 39.7 Å². The largest absolute Gasteiger partial charge is 0.371 e. The quantitative estimate of drug-likeness (QED) is 0.382. The summed E-state index contributed by atoms with van der Waals surface area (Å²) < 4.78 is 19.7. The number of hydrogen-bond acceptors (Lipinski definition) is 3. The van der Waals surface area contributed by atoms with Crippen molar-refractivity contribution >= 4 is 28.2 Å². The summed E-state index contributed by atoms with van der Waals surface area (Å²) in [6.45, 7) is 0. The van der Waals surface area contributed by atoms with Crippen molar-refractivity contribution in [2.75, 3.05) is 5.32 Å². The van der Waals surface area contributed by atoms with E-state index in [4.69, 9.17) is 11.6 Å². The molecule has 0 radical (unpaired) electrons. The summed E-state index contributed by atoms with van der Waals surface area (Å²) in [5, 5.41) is 4.44. The molecule has 1 atom stereocenters. The molecule has 8 heteroatoms. The number of halogens is 2. The Kier molecular flexibility index (Phi) is 4.72. The molecule has 0 saturated heterocycles. The highest BCUT2D eigenvalue weighted by Crippen LogP contribution is 2.45. The Morgan fingerprint density at radius 1 is 0.886 bits per heavy atom. The number of rotatable bonds is 2. The van der Waals surface area contributed by atoms with E-state index >= 15 is 4.39 Å². The van der Waals surface area contributed by atoms with Gasteiger partial charge in [0, 0.05) is 24.7 Å². The highest BCUT2D eigenvalue weighted by atomic mass is 35.5. The number of para-hydroxylation sites is 2. The molecule has 0 saturated carbocycles. The first-order valence-electron chi connectivity index (χ1n) is 11.1. The number of anilines is 1. The van der Waals surface area contributed by atoms with E-state index in [9.17, 15) is 9.59 Å². The van der Waals surface area contributed by atoms with Crippen LogP contribution >= 0.6 is 11.6 Å². The second kappa shape index (κ2) is 7.71. The number of aromatic nitrogens is 3. The highest BCUT2D eigenvalue weighted by molar-refractivity contribution is 6.30. The first-order chi connectivity index (χ1) is 16.9. The summed E-state index contributed by atoms with van der Waals surface area (Å²) >= 11 is 6.16. The van der Waals surface area contributed by atoms with Gasteiger partial charge in [0.25, 0.3) is 5.56 Å². The van der Waals surface area contributed by atoms with Crippen molar-refractivity contribution in [1.82, 2.24) is 13.7 Å². The molecule has 35 heavy (non-hydrogen) atoms. The molecule has 0 aliphatic carbocycles. The first kappa shape index (κ1) is 21.4. The minimum atomic E-state index is -0.476. The summed E-state index contributed by atoms with van der Waals surface area (Å²) in [5.74, 6) is -0.454. The summed E-state index contributed by atoms with van der Waals surface area (Å²) in [5.41, 5.74) is 3.37. The second-order valence-corrected chi connectivity index (χ2v) is 9.06. The van der Waals surface area contributed by atoms with Crippen LogP contribution in [0.5, 0.6) is 0 Å². The Bertz CT molecular complexity index is 1770. The van der Waals surface area contributed by atoms with Gasteiger partial charge in [-0.05, 0) is 42.0 Å². The lowest BCUT2D eigenvalue weighted by Crippen LogP contribution is -2.37. The van der Waals surface area contributed by atoms with Gasteiger partial charge < -0.3 is 9.88 Å². The maximum atomic E-state index is 15.3. The van der Waals surface area contributed by atoms with E-state index in [1.165, 1.54) is 17.7 Å². The molecule has 1 N–H and O–H groups in total. The van der Waals surface area contributed by atoms with E-state index in [1.54, 1.807) is 37.4 Å². The van der Waals surface area contributed by atoms with Crippen molar-refractivity contribution in [3.8, 4) is 16.9 Å². The van der Waals surface area contributed by atoms with Crippen LogP contribution in [0.2, 0.25) is 5.02 Å². The molecule has 2 aromatic heterocycles. The van der Waals surface area contributed by atoms with Crippen LogP contribution in [-0.4, -0.2) is 13.7 Å². The molecule has 1 aliphatic rings. The zero-order chi connectivity index (χ0) is 24.4. The van der Waals surface area contributed by atoms with Gasteiger partial charge in [-0.25, -0.2) is 9.18 Å². The number of aryl methyl sites for hydroxylation is 1. The van der Waals surface area contributed by atoms with Crippen molar-refractivity contribution in [3.63, 3.8) is 0 Å². The average molecular weight is 487 g/mol. The minimum absolute atomic E-state index is 0.283. The number of benzene rings is 3. The molecule has 0 spiro atoms. The monoisotopic (exact) mass is 486 g/mol. The highest BCUT2D eigenvalue weighted by Gasteiger charge is 2.35. The van der Waals surface area contributed by atoms with Gasteiger partial charge >= 0.3 is 5.69 Å². The van der Waals surface area contributed by atoms with Crippen molar-refractivity contribution in [2.24, 2.45) is 14.1 Å². The second-order valence-electron chi connectivity index (χ2n) is 8.62. The lowest BCUT2D eigenvalue weighted by Gasteiger charge is -2.31. The number of nitrogens with zero attached hydrogens (tertiary/aromatic N) is 3. The van der Waals surface area contributed by atoms with Crippen molar-refractivity contribution in [1.29, 1.82) is 0 Å². The fraction of sp³-hybridized carbons (Fsp3) is 0.111. The number of hydrogen-bond donors (Lipinski definition) is 1. The fourth-order valence-electron chi connectivity index (χ4n) is 5.03. The SMILES string of the molecule is Cn1c(=O)c2c(-c3ccccc3F)n3c(c2n(C)c1=O)C(c1ccc(Cl)cc1)Nc1ccccc1-3. The molecule has 5 aromatic rings. The number of fused-ring (bicyclic) bond motifs is 5. The molecule has 3 aromatic carbocycles. The third-order valence-electron chi connectivity index (χ3n) is 6.66. The fourth-order valence-corrected chi connectivity index (χ4v) is 5.16. The Labute approximate surface area is 204 Å². The summed E-state index contributed by atoms with van der Waals surface area (Å²) in [4.78, 5) is 26.6. The van der Waals surface area contributed by atoms with E-state index in [2.05, 4.69) is 5.32 Å². The standard InChI is InChI=1S/C27H20ClFN4O2/c1-31-24-21(26(34)32(2)27(31)35)23(17-7-3-4-8-18(17)29)33-20-10-6-5-9-19(20)30-22(25(24)33)15-11-13-16(28)14-12-15/h3-14,22,30H,1-2H3. The average Bonchev–Trinajstić information content (AvgIpc) is 3.23. The van der Waals surface area contributed by atoms with Crippen LogP contribution in [0.25, 0.3) is 27.8 Å². The van der Waals surface area contributed by atoms with E-state index in [-0.39, 0.29) is 10.9 Å². The van der Waals surface area contributed by atoms with Crippen LogP contribution in [0.3, 0.4) is 0 Å². The summed E-state index contributed by atoms with van der Waals surface area (Å²) in [6, 6.07) is 21.0. The molecular formula is C27H20ClFN4O2. The lowest BCUT2D eigenvalue weighted by atomic mass is 9.99. The zero-order valence-electron chi connectivity index (χ0n) is 18.9. The van der Waals surface area contributed by atoms with Crippen LogP contribution in [0, 0.1) is 5.82 Å². The smallest absolute Gasteiger partial charge is 0.331 e. The van der Waals surface area contributed by atoms with Gasteiger partial charge in [0.15, 0.2) is 0 Å². The topological polar surface area (TPSA) is 61.0 Å². The van der Waals surface area contributed by atoms with Gasteiger partial charge in [0.2, 0.25) is 0 Å². The minimum Gasteiger partial charge on any atom is -0.371 e. The van der Waals surface area contributed by atoms with Crippen molar-refractivity contribution in [2.45, 2.75) is 6.04 Å². The summed E-state index contributed by atoms with van der Waals surface area (Å²) in [7, 11) is 3.07. The van der Waals surface area contributed by atoms with Gasteiger partial charge in [0.1, 0.15) is 5.82 Å². The van der Waals surface area contributed by atoms with E-state index in [0.29, 0.717) is 21.9 Å². The van der Waals surface area contributed by atoms with Crippen LogP contribution in [-0.2, 0) is 14.1 Å². The predicted molar refractivity (Wildman–Crippen MR) is 136 cm³/mol. The van der Waals surface area contributed by atoms with Crippen LogP contribution in [0.1, 0.15) is 17.3 Å². The molecule has 3 heterocycles. The summed E-state index contributed by atoms with van der Waals surface area (Å²) in [6.07, 6.45) is 0. The number of nitrogens with one attached hydrogen (secondary N) is 1. The van der Waals surface area contributed by atoms with Crippen LogP contribution in [0.15, 0.2) is 82.4 Å². The normalized spacial score (nSPS) is 14.5. The Morgan fingerprint density at radius 3 is 2.31 bits per heavy atom. The van der Waals surface area contributed by atoms with Gasteiger partial charge in [-0.15, -0.1) is 0 Å². The maximum Gasteiger partial charge on any atom is 0.331 e. The Balaban J connectivity index is 1.88. The van der Waals surface area contributed by atoms with E-state index in [1.807, 2.05) is 41.0 Å². The Morgan fingerprint density at radius 2 is 1.57 bits per heavy atom. The van der Waals surface area contributed by atoms with Crippen LogP contribution < -0.4 is 16.6 Å². The van der Waals surface area contributed by atoms with Gasteiger partial charge in [-0.1, -0.05) is 48.0 Å². The molecule has 0 bridgehead atoms. The van der Waals surface area contributed by atoms with Crippen LogP contribution in [0.4, 0.5) is 10.1 Å². The molecular weight excluding hydrogens is 467 g/mol. The van der Waals surface area contributed by atoms with Crippen molar-refractivity contribution < 1.29 is 4.39 Å². The molecule has 174 valence electrons. The predicted octanol–water partition coefficient (Wildman–Crippen LogP) is 5.00. The molecule has 0 fully saturated rings. The molecule has 6 nitrogen and oxygen atoms in total. The van der Waals surface area contributed by atoms with E-state index in [0.717, 1.165) is 21.5 Å².